The third-order valence-corrected chi connectivity index (χ3v) is 4.75. The number of benzene rings is 2. The monoisotopic (exact) mass is 382 g/mol. The number of non-ortho nitro benzene ring substituents is 1. The molecule has 1 aliphatic heterocycles. The summed E-state index contributed by atoms with van der Waals surface area (Å²) in [5, 5.41) is 20.8. The predicted molar refractivity (Wildman–Crippen MR) is 103 cm³/mol. The average molecular weight is 382 g/mol. The van der Waals surface area contributed by atoms with Crippen molar-refractivity contribution in [3.63, 3.8) is 0 Å². The van der Waals surface area contributed by atoms with Gasteiger partial charge in [-0.3, -0.25) is 19.7 Å². The van der Waals surface area contributed by atoms with Crippen LogP contribution >= 0.6 is 11.8 Å². The van der Waals surface area contributed by atoms with E-state index in [1.807, 2.05) is 6.07 Å². The lowest BCUT2D eigenvalue weighted by atomic mass is 10.1. The largest absolute Gasteiger partial charge is 0.303 e. The van der Waals surface area contributed by atoms with Crippen molar-refractivity contribution in [1.29, 1.82) is 0 Å². The molecular weight excluding hydrogens is 368 g/mol. The van der Waals surface area contributed by atoms with E-state index in [4.69, 9.17) is 0 Å². The van der Waals surface area contributed by atoms with E-state index >= 15 is 0 Å². The number of carbonyl (C=O) groups is 2. The molecule has 136 valence electrons. The van der Waals surface area contributed by atoms with Gasteiger partial charge in [-0.15, -0.1) is 5.10 Å². The average Bonchev–Trinajstić information content (AvgIpc) is 3.02. The van der Waals surface area contributed by atoms with Gasteiger partial charge in [0, 0.05) is 29.7 Å². The third kappa shape index (κ3) is 4.85. The first-order valence-corrected chi connectivity index (χ1v) is 8.82. The zero-order valence-corrected chi connectivity index (χ0v) is 14.8. The Morgan fingerprint density at radius 2 is 2.00 bits per heavy atom. The van der Waals surface area contributed by atoms with E-state index in [2.05, 4.69) is 15.5 Å². The van der Waals surface area contributed by atoms with Crippen molar-refractivity contribution < 1.29 is 14.5 Å². The van der Waals surface area contributed by atoms with Crippen molar-refractivity contribution >= 4 is 40.5 Å². The second-order valence-corrected chi connectivity index (χ2v) is 6.78. The van der Waals surface area contributed by atoms with Gasteiger partial charge in [-0.1, -0.05) is 54.2 Å². The molecule has 8 nitrogen and oxygen atoms in total. The fourth-order valence-electron chi connectivity index (χ4n) is 2.36. The SMILES string of the molecule is O=C(C[C@H]1S/C(=N/N=Cc2cccc([N+](=O)[O-])c2)NC1=O)c1ccccc1. The Balaban J connectivity index is 1.62. The Labute approximate surface area is 158 Å². The van der Waals surface area contributed by atoms with Gasteiger partial charge in [0.2, 0.25) is 5.91 Å². The second kappa shape index (κ2) is 8.37. The van der Waals surface area contributed by atoms with Crippen molar-refractivity contribution in [2.45, 2.75) is 11.7 Å². The number of thioether (sulfide) groups is 1. The van der Waals surface area contributed by atoms with Gasteiger partial charge in [-0.25, -0.2) is 0 Å². The third-order valence-electron chi connectivity index (χ3n) is 3.68. The molecule has 0 radical (unpaired) electrons. The number of nitro benzene ring substituents is 1. The van der Waals surface area contributed by atoms with Crippen LogP contribution in [0.4, 0.5) is 5.69 Å². The summed E-state index contributed by atoms with van der Waals surface area (Å²) in [6.45, 7) is 0. The van der Waals surface area contributed by atoms with E-state index in [9.17, 15) is 19.7 Å². The molecule has 1 amide bonds. The summed E-state index contributed by atoms with van der Waals surface area (Å²) in [5.41, 5.74) is 1.02. The van der Waals surface area contributed by atoms with Crippen molar-refractivity contribution in [1.82, 2.24) is 5.32 Å². The van der Waals surface area contributed by atoms with Gasteiger partial charge < -0.3 is 5.32 Å². The summed E-state index contributed by atoms with van der Waals surface area (Å²) >= 11 is 1.13. The molecule has 0 saturated carbocycles. The zero-order valence-electron chi connectivity index (χ0n) is 13.9. The minimum Gasteiger partial charge on any atom is -0.303 e. The Bertz CT molecular complexity index is 943. The van der Waals surface area contributed by atoms with Gasteiger partial charge in [0.1, 0.15) is 0 Å². The van der Waals surface area contributed by atoms with Gasteiger partial charge >= 0.3 is 0 Å². The Hall–Kier alpha value is -3.33. The molecule has 1 atom stereocenters. The number of nitrogens with one attached hydrogen (secondary N) is 1. The summed E-state index contributed by atoms with van der Waals surface area (Å²) in [6.07, 6.45) is 1.42. The first kappa shape index (κ1) is 18.5. The number of nitro groups is 1. The van der Waals surface area contributed by atoms with Crippen LogP contribution in [0.15, 0.2) is 64.8 Å². The first-order chi connectivity index (χ1) is 13.0. The molecule has 0 spiro atoms. The number of Topliss-reactive ketones (excluding diaryl/α,β-unsaturated/α-hetero) is 1. The highest BCUT2D eigenvalue weighted by Gasteiger charge is 2.32. The summed E-state index contributed by atoms with van der Waals surface area (Å²) < 4.78 is 0. The van der Waals surface area contributed by atoms with Crippen LogP contribution in [0.1, 0.15) is 22.3 Å². The van der Waals surface area contributed by atoms with Crippen LogP contribution in [0.3, 0.4) is 0 Å². The van der Waals surface area contributed by atoms with Gasteiger partial charge in [-0.05, 0) is 0 Å². The van der Waals surface area contributed by atoms with E-state index in [1.165, 1.54) is 18.3 Å². The number of hydrogen-bond acceptors (Lipinski definition) is 7. The fraction of sp³-hybridized carbons (Fsp3) is 0.111. The van der Waals surface area contributed by atoms with Crippen LogP contribution < -0.4 is 5.32 Å². The highest BCUT2D eigenvalue weighted by Crippen LogP contribution is 2.24. The normalized spacial score (nSPS) is 18.0. The summed E-state index contributed by atoms with van der Waals surface area (Å²) in [4.78, 5) is 34.5. The van der Waals surface area contributed by atoms with Crippen LogP contribution in [-0.2, 0) is 4.79 Å². The van der Waals surface area contributed by atoms with Crippen LogP contribution in [0, 0.1) is 10.1 Å². The molecule has 2 aromatic carbocycles. The zero-order chi connectivity index (χ0) is 19.2. The first-order valence-electron chi connectivity index (χ1n) is 7.94. The van der Waals surface area contributed by atoms with Crippen molar-refractivity contribution in [2.24, 2.45) is 10.2 Å². The molecule has 0 unspecified atom stereocenters. The van der Waals surface area contributed by atoms with Gasteiger partial charge in [0.15, 0.2) is 11.0 Å². The van der Waals surface area contributed by atoms with Crippen LogP contribution in [0.2, 0.25) is 0 Å². The van der Waals surface area contributed by atoms with E-state index in [-0.39, 0.29) is 29.0 Å². The fourth-order valence-corrected chi connectivity index (χ4v) is 3.29. The number of carbonyl (C=O) groups excluding carboxylic acids is 2. The molecule has 2 aromatic rings. The van der Waals surface area contributed by atoms with E-state index in [0.29, 0.717) is 11.1 Å². The highest BCUT2D eigenvalue weighted by atomic mass is 32.2. The molecule has 1 fully saturated rings. The molecule has 1 aliphatic rings. The summed E-state index contributed by atoms with van der Waals surface area (Å²) in [7, 11) is 0. The highest BCUT2D eigenvalue weighted by molar-refractivity contribution is 8.15. The topological polar surface area (TPSA) is 114 Å². The molecule has 0 aliphatic carbocycles. The van der Waals surface area contributed by atoms with Gasteiger partial charge in [0.25, 0.3) is 5.69 Å². The van der Waals surface area contributed by atoms with E-state index < -0.39 is 10.2 Å². The second-order valence-electron chi connectivity index (χ2n) is 5.59. The van der Waals surface area contributed by atoms with Gasteiger partial charge in [-0.2, -0.15) is 5.10 Å². The number of hydrogen-bond donors (Lipinski definition) is 1. The van der Waals surface area contributed by atoms with E-state index in [1.54, 1.807) is 36.4 Å². The molecule has 9 heteroatoms. The summed E-state index contributed by atoms with van der Waals surface area (Å²) in [5.74, 6) is -0.418. The standard InChI is InChI=1S/C18H14N4O4S/c23-15(13-6-2-1-3-7-13)10-16-17(24)20-18(27-16)21-19-11-12-5-4-8-14(9-12)22(25)26/h1-9,11,16H,10H2,(H,20,21,24)/t16-/m1/s1. The molecular formula is C18H14N4O4S. The Morgan fingerprint density at radius 1 is 1.22 bits per heavy atom. The van der Waals surface area contributed by atoms with Crippen LogP contribution in [0.25, 0.3) is 0 Å². The number of ketones is 1. The lowest BCUT2D eigenvalue weighted by molar-refractivity contribution is -0.384. The van der Waals surface area contributed by atoms with Crippen LogP contribution in [0.5, 0.6) is 0 Å². The quantitative estimate of drug-likeness (QED) is 0.357. The number of amides is 1. The van der Waals surface area contributed by atoms with Crippen molar-refractivity contribution in [3.05, 3.63) is 75.8 Å². The minimum atomic E-state index is -0.565. The van der Waals surface area contributed by atoms with E-state index in [0.717, 1.165) is 11.8 Å². The van der Waals surface area contributed by atoms with Crippen molar-refractivity contribution in [3.8, 4) is 0 Å². The number of amidine groups is 1. The van der Waals surface area contributed by atoms with Crippen LogP contribution in [-0.4, -0.2) is 33.2 Å². The molecule has 1 saturated heterocycles. The molecule has 3 rings (SSSR count). The number of nitrogens with zero attached hydrogens (tertiary/aromatic N) is 3. The Morgan fingerprint density at radius 3 is 2.74 bits per heavy atom. The maximum absolute atomic E-state index is 12.2. The lowest BCUT2D eigenvalue weighted by Crippen LogP contribution is -2.26. The predicted octanol–water partition coefficient (Wildman–Crippen LogP) is 2.79. The lowest BCUT2D eigenvalue weighted by Gasteiger charge is -2.04. The molecule has 0 bridgehead atoms. The summed E-state index contributed by atoms with van der Waals surface area (Å²) in [6, 6.07) is 14.7. The van der Waals surface area contributed by atoms with Gasteiger partial charge in [0.05, 0.1) is 16.4 Å². The molecule has 27 heavy (non-hydrogen) atoms. The minimum absolute atomic E-state index is 0.0466. The molecule has 1 N–H and O–H groups in total. The maximum atomic E-state index is 12.2. The maximum Gasteiger partial charge on any atom is 0.270 e. The number of rotatable bonds is 6. The Kier molecular flexibility index (Phi) is 5.72. The molecule has 0 aromatic heterocycles. The molecule has 1 heterocycles. The van der Waals surface area contributed by atoms with Crippen molar-refractivity contribution in [2.75, 3.05) is 0 Å². The smallest absolute Gasteiger partial charge is 0.270 e.